The van der Waals surface area contributed by atoms with Gasteiger partial charge in [0.1, 0.15) is 60.4 Å². The standard InChI is InChI=1S/C68H84N16O12/c69-27-11-23-47-59(87)77-49(34-42-38-73-46-22-10-8-20-44(42)46)61(89)81-53(31-39-15-3-1-4-16-39)67(95)83-29-13-25-55(83)65(93)80-52(37-58(72)86)64(92)76-48(24-12-28-70)60(88)78-50(35-43-33-41-19-7-9-21-45(41)74-43)62(90)82-54(32-40-17-5-2-6-18-40)68(96)84-30-14-26-56(84)66(94)79-51(36-57(71)85)63(91)75-47/h1-10,15-22,33,38,47-56,73-74H,11-14,23-32,34-37,69-70H2,(H2,71,85)(H2,72,86)(H,75,91)(H,76,92)(H,77,87)(H,78,88)(H,79,94)(H,80,93)(H,81,89)(H,82,90). The molecule has 28 heteroatoms. The molecule has 5 heterocycles. The van der Waals surface area contributed by atoms with E-state index in [2.05, 4.69) is 52.5 Å². The van der Waals surface area contributed by atoms with Crippen molar-refractivity contribution >= 4 is 92.7 Å². The van der Waals surface area contributed by atoms with Crippen molar-refractivity contribution in [1.82, 2.24) is 62.3 Å². The van der Waals surface area contributed by atoms with Gasteiger partial charge in [0.25, 0.3) is 0 Å². The first-order valence-corrected chi connectivity index (χ1v) is 32.5. The molecule has 0 radical (unpaired) electrons. The summed E-state index contributed by atoms with van der Waals surface area (Å²) in [6.07, 6.45) is 0.374. The highest BCUT2D eigenvalue weighted by Gasteiger charge is 2.43. The molecule has 96 heavy (non-hydrogen) atoms. The summed E-state index contributed by atoms with van der Waals surface area (Å²) in [7, 11) is 0. The van der Waals surface area contributed by atoms with E-state index in [1.54, 1.807) is 79.0 Å². The van der Waals surface area contributed by atoms with E-state index in [9.17, 15) is 38.4 Å². The average molecular weight is 1320 g/mol. The van der Waals surface area contributed by atoms with E-state index in [1.165, 1.54) is 9.80 Å². The number of hydrogen-bond donors (Lipinski definition) is 14. The van der Waals surface area contributed by atoms with Crippen molar-refractivity contribution in [2.24, 2.45) is 22.9 Å². The summed E-state index contributed by atoms with van der Waals surface area (Å²) in [6.45, 7) is 0.109. The minimum atomic E-state index is -1.71. The molecule has 0 bridgehead atoms. The number of primary amides is 2. The first-order valence-electron chi connectivity index (χ1n) is 32.5. The quantitative estimate of drug-likeness (QED) is 0.0492. The minimum absolute atomic E-state index is 0.00835. The first kappa shape index (κ1) is 69.9. The number of nitrogens with one attached hydrogen (secondary N) is 10. The van der Waals surface area contributed by atoms with Gasteiger partial charge >= 0.3 is 0 Å². The second-order valence-corrected chi connectivity index (χ2v) is 24.6. The Balaban J connectivity index is 1.11. The Morgan fingerprint density at radius 3 is 1.29 bits per heavy atom. The summed E-state index contributed by atoms with van der Waals surface area (Å²) in [5.74, 6) is -10.7. The van der Waals surface area contributed by atoms with Crippen molar-refractivity contribution in [3.8, 4) is 0 Å². The number of carbonyl (C=O) groups is 12. The monoisotopic (exact) mass is 1320 g/mol. The van der Waals surface area contributed by atoms with Gasteiger partial charge in [0.05, 0.1) is 12.8 Å². The fourth-order valence-corrected chi connectivity index (χ4v) is 12.7. The lowest BCUT2D eigenvalue weighted by Crippen LogP contribution is -2.62. The number of aromatic amines is 2. The topological polar surface area (TPSA) is 443 Å². The maximum atomic E-state index is 15.2. The van der Waals surface area contributed by atoms with Crippen LogP contribution in [0.3, 0.4) is 0 Å². The van der Waals surface area contributed by atoms with Crippen LogP contribution in [0.15, 0.2) is 121 Å². The second kappa shape index (κ2) is 33.1. The summed E-state index contributed by atoms with van der Waals surface area (Å²) in [6, 6.07) is 19.0. The molecule has 3 saturated heterocycles. The van der Waals surface area contributed by atoms with Gasteiger partial charge in [0, 0.05) is 67.1 Å². The van der Waals surface area contributed by atoms with Crippen molar-refractivity contribution in [2.45, 2.75) is 150 Å². The Labute approximate surface area is 553 Å². The normalized spacial score (nSPS) is 24.1. The van der Waals surface area contributed by atoms with E-state index in [0.29, 0.717) is 38.8 Å². The van der Waals surface area contributed by atoms with Gasteiger partial charge in [-0.15, -0.1) is 0 Å². The van der Waals surface area contributed by atoms with Gasteiger partial charge in [-0.05, 0) is 105 Å². The van der Waals surface area contributed by atoms with Gasteiger partial charge in [0.2, 0.25) is 70.9 Å². The van der Waals surface area contributed by atoms with Gasteiger partial charge in [0.15, 0.2) is 0 Å². The van der Waals surface area contributed by atoms with E-state index in [0.717, 1.165) is 5.39 Å². The maximum Gasteiger partial charge on any atom is 0.246 e. The summed E-state index contributed by atoms with van der Waals surface area (Å²) >= 11 is 0. The van der Waals surface area contributed by atoms with Crippen LogP contribution in [-0.2, 0) is 83.2 Å². The molecule has 3 aliphatic rings. The fourth-order valence-electron chi connectivity index (χ4n) is 12.7. The summed E-state index contributed by atoms with van der Waals surface area (Å²) < 4.78 is 0. The number of rotatable bonds is 18. The summed E-state index contributed by atoms with van der Waals surface area (Å²) in [5, 5.41) is 23.3. The van der Waals surface area contributed by atoms with Crippen LogP contribution in [0, 0.1) is 0 Å². The lowest BCUT2D eigenvalue weighted by atomic mass is 10.0. The third-order valence-corrected chi connectivity index (χ3v) is 17.6. The Kier molecular flexibility index (Phi) is 24.1. The third-order valence-electron chi connectivity index (χ3n) is 17.6. The molecule has 3 aliphatic heterocycles. The first-order chi connectivity index (χ1) is 46.3. The number of amides is 12. The number of para-hydroxylation sites is 2. The zero-order valence-electron chi connectivity index (χ0n) is 53.2. The lowest BCUT2D eigenvalue weighted by Gasteiger charge is -2.32. The molecule has 10 atom stereocenters. The predicted molar refractivity (Wildman–Crippen MR) is 353 cm³/mol. The zero-order chi connectivity index (χ0) is 68.4. The molecule has 10 unspecified atom stereocenters. The number of H-pyrrole nitrogens is 2. The molecule has 0 aliphatic carbocycles. The van der Waals surface area contributed by atoms with Crippen LogP contribution < -0.4 is 65.5 Å². The number of hydrogen-bond acceptors (Lipinski definition) is 14. The predicted octanol–water partition coefficient (Wildman–Crippen LogP) is -0.978. The molecule has 2 aromatic heterocycles. The van der Waals surface area contributed by atoms with Crippen LogP contribution in [0.5, 0.6) is 0 Å². The molecule has 0 spiro atoms. The number of aromatic nitrogens is 2. The van der Waals surface area contributed by atoms with Crippen molar-refractivity contribution in [3.63, 3.8) is 0 Å². The number of benzene rings is 4. The van der Waals surface area contributed by atoms with Gasteiger partial charge in [-0.1, -0.05) is 97.1 Å². The van der Waals surface area contributed by atoms with E-state index in [-0.39, 0.29) is 103 Å². The number of nitrogens with zero attached hydrogens (tertiary/aromatic N) is 2. The van der Waals surface area contributed by atoms with E-state index in [4.69, 9.17) is 22.9 Å². The van der Waals surface area contributed by atoms with Crippen LogP contribution in [0.1, 0.15) is 86.6 Å². The minimum Gasteiger partial charge on any atom is -0.370 e. The van der Waals surface area contributed by atoms with Crippen molar-refractivity contribution < 1.29 is 57.5 Å². The van der Waals surface area contributed by atoms with Crippen molar-refractivity contribution in [3.05, 3.63) is 144 Å². The van der Waals surface area contributed by atoms with Crippen LogP contribution in [-0.4, -0.2) is 177 Å². The number of nitrogens with two attached hydrogens (primary N) is 4. The highest BCUT2D eigenvalue weighted by molar-refractivity contribution is 6.01. The maximum absolute atomic E-state index is 15.2. The smallest absolute Gasteiger partial charge is 0.246 e. The molecule has 28 nitrogen and oxygen atoms in total. The van der Waals surface area contributed by atoms with Crippen LogP contribution >= 0.6 is 0 Å². The average Bonchev–Trinajstić information content (AvgIpc) is 1.59. The molecule has 6 aromatic rings. The SMILES string of the molecule is NCCCC1NC(=O)C(CC(N)=O)NC(=O)C2CCCN2C(=O)C(Cc2ccccc2)NC(=O)C(Cc2c[nH]c3ccccc23)NC(=O)C(CCCN)NC(=O)C(CC(N)=O)NC(=O)C2CCCN2C(=O)C(Cc2ccccc2)NC(=O)C(Cc2cc3ccccc3[nH]2)NC1=O. The van der Waals surface area contributed by atoms with Crippen molar-refractivity contribution in [2.75, 3.05) is 26.2 Å². The van der Waals surface area contributed by atoms with E-state index < -0.39 is 144 Å². The highest BCUT2D eigenvalue weighted by atomic mass is 16.2. The van der Waals surface area contributed by atoms with Crippen LogP contribution in [0.2, 0.25) is 0 Å². The third kappa shape index (κ3) is 18.3. The molecule has 12 amide bonds. The molecular formula is C68H84N16O12. The fraction of sp³-hybridized carbons (Fsp3) is 0.412. The van der Waals surface area contributed by atoms with Crippen molar-refractivity contribution in [1.29, 1.82) is 0 Å². The van der Waals surface area contributed by atoms with Crippen LogP contribution in [0.4, 0.5) is 0 Å². The molecule has 4 aromatic carbocycles. The zero-order valence-corrected chi connectivity index (χ0v) is 53.2. The van der Waals surface area contributed by atoms with E-state index in [1.807, 2.05) is 42.5 Å². The number of carbonyl (C=O) groups excluding carboxylic acids is 12. The second-order valence-electron chi connectivity index (χ2n) is 24.6. The number of fused-ring (bicyclic) bond motifs is 4. The Bertz CT molecular complexity index is 3770. The molecule has 18 N–H and O–H groups in total. The van der Waals surface area contributed by atoms with Gasteiger partial charge < -0.3 is 85.2 Å². The summed E-state index contributed by atoms with van der Waals surface area (Å²) in [4.78, 5) is 184. The van der Waals surface area contributed by atoms with Gasteiger partial charge in [-0.3, -0.25) is 57.5 Å². The van der Waals surface area contributed by atoms with Gasteiger partial charge in [-0.2, -0.15) is 0 Å². The molecule has 9 rings (SSSR count). The highest BCUT2D eigenvalue weighted by Crippen LogP contribution is 2.25. The molecule has 3 fully saturated rings. The van der Waals surface area contributed by atoms with Gasteiger partial charge in [-0.25, -0.2) is 0 Å². The molecule has 508 valence electrons. The Morgan fingerprint density at radius 1 is 0.427 bits per heavy atom. The van der Waals surface area contributed by atoms with Crippen LogP contribution in [0.25, 0.3) is 21.8 Å². The summed E-state index contributed by atoms with van der Waals surface area (Å²) in [5.41, 5.74) is 27.0. The molecule has 0 saturated carbocycles. The Morgan fingerprint density at radius 2 is 0.823 bits per heavy atom. The van der Waals surface area contributed by atoms with E-state index >= 15 is 19.2 Å². The molecular weight excluding hydrogens is 1230 g/mol. The lowest BCUT2D eigenvalue weighted by molar-refractivity contribution is -0.143. The Hall–Kier alpha value is -10.5. The largest absolute Gasteiger partial charge is 0.370 e.